The number of nitrogens with zero attached hydrogens (tertiary/aromatic N) is 1. The van der Waals surface area contributed by atoms with Crippen molar-refractivity contribution in [3.05, 3.63) is 0 Å². The third-order valence-electron chi connectivity index (χ3n) is 4.00. The van der Waals surface area contributed by atoms with Crippen molar-refractivity contribution < 1.29 is 14.7 Å². The second-order valence-corrected chi connectivity index (χ2v) is 5.74. The van der Waals surface area contributed by atoms with Gasteiger partial charge < -0.3 is 10.0 Å². The number of hydrogen-bond donors (Lipinski definition) is 1. The van der Waals surface area contributed by atoms with E-state index in [1.54, 1.807) is 0 Å². The first-order valence-electron chi connectivity index (χ1n) is 6.89. The van der Waals surface area contributed by atoms with Crippen LogP contribution in [0.25, 0.3) is 0 Å². The first-order chi connectivity index (χ1) is 8.41. The normalized spacial score (nSPS) is 25.5. The summed E-state index contributed by atoms with van der Waals surface area (Å²) in [4.78, 5) is 24.6. The topological polar surface area (TPSA) is 57.6 Å². The summed E-state index contributed by atoms with van der Waals surface area (Å²) in [7, 11) is 1.86. The molecule has 0 bridgehead atoms. The summed E-state index contributed by atoms with van der Waals surface area (Å²) in [6.45, 7) is 4.03. The Balaban J connectivity index is 2.47. The van der Waals surface area contributed by atoms with Gasteiger partial charge in [-0.15, -0.1) is 0 Å². The molecule has 0 aromatic rings. The van der Waals surface area contributed by atoms with Gasteiger partial charge in [-0.1, -0.05) is 26.7 Å². The highest BCUT2D eigenvalue weighted by Crippen LogP contribution is 2.28. The molecule has 0 spiro atoms. The molecule has 0 saturated heterocycles. The van der Waals surface area contributed by atoms with Crippen LogP contribution in [-0.2, 0) is 9.59 Å². The van der Waals surface area contributed by atoms with Crippen LogP contribution < -0.4 is 0 Å². The van der Waals surface area contributed by atoms with Gasteiger partial charge in [-0.2, -0.15) is 0 Å². The number of carboxylic acids is 1. The van der Waals surface area contributed by atoms with Gasteiger partial charge in [-0.3, -0.25) is 9.59 Å². The lowest BCUT2D eigenvalue weighted by molar-refractivity contribution is -0.139. The molecule has 3 unspecified atom stereocenters. The molecule has 4 nitrogen and oxygen atoms in total. The molecule has 1 fully saturated rings. The van der Waals surface area contributed by atoms with E-state index in [0.29, 0.717) is 18.4 Å². The van der Waals surface area contributed by atoms with Gasteiger partial charge in [0, 0.05) is 25.9 Å². The van der Waals surface area contributed by atoms with Crippen molar-refractivity contribution in [2.45, 2.75) is 58.4 Å². The average Bonchev–Trinajstić information content (AvgIpc) is 2.27. The van der Waals surface area contributed by atoms with E-state index in [0.717, 1.165) is 6.42 Å². The highest BCUT2D eigenvalue weighted by atomic mass is 16.4. The highest BCUT2D eigenvalue weighted by Gasteiger charge is 2.28. The molecule has 1 aliphatic rings. The molecule has 1 aliphatic carbocycles. The van der Waals surface area contributed by atoms with Crippen molar-refractivity contribution in [3.8, 4) is 0 Å². The standard InChI is InChI=1S/C14H25NO3/c1-10(9-14(17)18)8-13(16)15(3)12-7-5-4-6-11(12)2/h10-12H,4-9H2,1-3H3,(H,17,18). The molecular weight excluding hydrogens is 230 g/mol. The molecule has 3 atom stereocenters. The summed E-state index contributed by atoms with van der Waals surface area (Å²) < 4.78 is 0. The van der Waals surface area contributed by atoms with Crippen LogP contribution in [0.5, 0.6) is 0 Å². The Bertz CT molecular complexity index is 303. The number of carboxylic acid groups (broad SMARTS) is 1. The molecule has 1 N–H and O–H groups in total. The number of carbonyl (C=O) groups is 2. The van der Waals surface area contributed by atoms with Crippen LogP contribution in [0.15, 0.2) is 0 Å². The maximum absolute atomic E-state index is 12.1. The van der Waals surface area contributed by atoms with Crippen LogP contribution in [-0.4, -0.2) is 35.0 Å². The zero-order chi connectivity index (χ0) is 13.7. The first-order valence-corrected chi connectivity index (χ1v) is 6.89. The Labute approximate surface area is 109 Å². The minimum atomic E-state index is -0.830. The fourth-order valence-electron chi connectivity index (χ4n) is 2.87. The lowest BCUT2D eigenvalue weighted by Gasteiger charge is -2.36. The first kappa shape index (κ1) is 15.0. The van der Waals surface area contributed by atoms with Crippen LogP contribution in [0.4, 0.5) is 0 Å². The van der Waals surface area contributed by atoms with Gasteiger partial charge in [0.1, 0.15) is 0 Å². The predicted octanol–water partition coefficient (Wildman–Crippen LogP) is 2.52. The van der Waals surface area contributed by atoms with Crippen LogP contribution >= 0.6 is 0 Å². The quantitative estimate of drug-likeness (QED) is 0.821. The zero-order valence-corrected chi connectivity index (χ0v) is 11.7. The van der Waals surface area contributed by atoms with E-state index in [9.17, 15) is 9.59 Å². The van der Waals surface area contributed by atoms with E-state index >= 15 is 0 Å². The van der Waals surface area contributed by atoms with Gasteiger partial charge in [0.15, 0.2) is 0 Å². The Morgan fingerprint density at radius 2 is 1.89 bits per heavy atom. The Morgan fingerprint density at radius 3 is 2.44 bits per heavy atom. The van der Waals surface area contributed by atoms with E-state index in [1.807, 2.05) is 18.9 Å². The van der Waals surface area contributed by atoms with Crippen LogP contribution in [0.1, 0.15) is 52.4 Å². The van der Waals surface area contributed by atoms with Gasteiger partial charge >= 0.3 is 5.97 Å². The molecule has 1 amide bonds. The molecule has 0 aliphatic heterocycles. The number of rotatable bonds is 5. The summed E-state index contributed by atoms with van der Waals surface area (Å²) in [5.74, 6) is -0.273. The smallest absolute Gasteiger partial charge is 0.303 e. The lowest BCUT2D eigenvalue weighted by Crippen LogP contribution is -2.43. The second-order valence-electron chi connectivity index (χ2n) is 5.74. The molecule has 1 rings (SSSR count). The third-order valence-corrected chi connectivity index (χ3v) is 4.00. The van der Waals surface area contributed by atoms with E-state index in [4.69, 9.17) is 5.11 Å². The van der Waals surface area contributed by atoms with Crippen molar-refractivity contribution in [3.63, 3.8) is 0 Å². The number of amides is 1. The van der Waals surface area contributed by atoms with Gasteiger partial charge in [-0.05, 0) is 24.7 Å². The van der Waals surface area contributed by atoms with Gasteiger partial charge in [0.2, 0.25) is 5.91 Å². The van der Waals surface area contributed by atoms with Crippen LogP contribution in [0.3, 0.4) is 0 Å². The van der Waals surface area contributed by atoms with Crippen molar-refractivity contribution in [1.82, 2.24) is 4.90 Å². The molecule has 18 heavy (non-hydrogen) atoms. The minimum absolute atomic E-state index is 0.0692. The van der Waals surface area contributed by atoms with Crippen molar-refractivity contribution >= 4 is 11.9 Å². The van der Waals surface area contributed by atoms with E-state index in [2.05, 4.69) is 6.92 Å². The van der Waals surface area contributed by atoms with Crippen molar-refractivity contribution in [2.24, 2.45) is 11.8 Å². The van der Waals surface area contributed by atoms with Gasteiger partial charge in [-0.25, -0.2) is 0 Å². The Kier molecular flexibility index (Phi) is 5.63. The molecule has 4 heteroatoms. The lowest BCUT2D eigenvalue weighted by atomic mass is 9.85. The summed E-state index contributed by atoms with van der Waals surface area (Å²) in [6.07, 6.45) is 5.13. The van der Waals surface area contributed by atoms with Gasteiger partial charge in [0.05, 0.1) is 0 Å². The predicted molar refractivity (Wildman–Crippen MR) is 70.2 cm³/mol. The molecule has 1 saturated carbocycles. The average molecular weight is 255 g/mol. The largest absolute Gasteiger partial charge is 0.481 e. The van der Waals surface area contributed by atoms with E-state index in [1.165, 1.54) is 19.3 Å². The fraction of sp³-hybridized carbons (Fsp3) is 0.857. The maximum atomic E-state index is 12.1. The van der Waals surface area contributed by atoms with Crippen LogP contribution in [0, 0.1) is 11.8 Å². The molecular formula is C14H25NO3. The summed E-state index contributed by atoms with van der Waals surface area (Å²) in [5.41, 5.74) is 0. The summed E-state index contributed by atoms with van der Waals surface area (Å²) in [5, 5.41) is 8.70. The molecule has 0 aromatic heterocycles. The summed E-state index contributed by atoms with van der Waals surface area (Å²) in [6, 6.07) is 0.336. The number of carbonyl (C=O) groups excluding carboxylic acids is 1. The fourth-order valence-corrected chi connectivity index (χ4v) is 2.87. The molecule has 0 aromatic carbocycles. The van der Waals surface area contributed by atoms with Crippen LogP contribution in [0.2, 0.25) is 0 Å². The van der Waals surface area contributed by atoms with Crippen molar-refractivity contribution in [2.75, 3.05) is 7.05 Å². The van der Waals surface area contributed by atoms with E-state index in [-0.39, 0.29) is 18.2 Å². The van der Waals surface area contributed by atoms with Gasteiger partial charge in [0.25, 0.3) is 0 Å². The number of hydrogen-bond acceptors (Lipinski definition) is 2. The third kappa shape index (κ3) is 4.31. The number of aliphatic carboxylic acids is 1. The monoisotopic (exact) mass is 255 g/mol. The molecule has 0 radical (unpaired) electrons. The molecule has 0 heterocycles. The highest BCUT2D eigenvalue weighted by molar-refractivity contribution is 5.77. The van der Waals surface area contributed by atoms with E-state index < -0.39 is 5.97 Å². The maximum Gasteiger partial charge on any atom is 0.303 e. The Hall–Kier alpha value is -1.06. The Morgan fingerprint density at radius 1 is 1.28 bits per heavy atom. The van der Waals surface area contributed by atoms with Crippen molar-refractivity contribution in [1.29, 1.82) is 0 Å². The minimum Gasteiger partial charge on any atom is -0.481 e. The zero-order valence-electron chi connectivity index (χ0n) is 11.7. The SMILES string of the molecule is CC(CC(=O)O)CC(=O)N(C)C1CCCCC1C. The molecule has 104 valence electrons. The summed E-state index contributed by atoms with van der Waals surface area (Å²) >= 11 is 0. The second kappa shape index (κ2) is 6.76.